The van der Waals surface area contributed by atoms with Crippen LogP contribution in [0, 0.1) is 12.1 Å². The van der Waals surface area contributed by atoms with Gasteiger partial charge in [0, 0.05) is 23.9 Å². The molecule has 33 heavy (non-hydrogen) atoms. The van der Waals surface area contributed by atoms with E-state index in [1.165, 1.54) is 0 Å². The van der Waals surface area contributed by atoms with Crippen LogP contribution in [0.4, 0.5) is 0 Å². The molecule has 0 aliphatic carbocycles. The number of benzene rings is 2. The average Bonchev–Trinajstić information content (AvgIpc) is 2.89. The zero-order chi connectivity index (χ0) is 22.8. The number of methoxy groups -OCH3 is 3. The largest absolute Gasteiger partial charge is 2.00 e. The van der Waals surface area contributed by atoms with Crippen LogP contribution in [0.2, 0.25) is 0 Å². The number of rotatable bonds is 6. The minimum atomic E-state index is 0. The fourth-order valence-electron chi connectivity index (χ4n) is 2.80. The van der Waals surface area contributed by atoms with Gasteiger partial charge in [0.1, 0.15) is 5.75 Å². The van der Waals surface area contributed by atoms with Gasteiger partial charge in [-0.25, -0.2) is 0 Å². The molecular formula is C26H24N2O4Pt. The van der Waals surface area contributed by atoms with Crippen LogP contribution in [0.25, 0.3) is 22.5 Å². The number of ether oxygens (including phenoxy) is 3. The minimum absolute atomic E-state index is 0. The molecule has 4 rings (SSSR count). The molecular weight excluding hydrogens is 599 g/mol. The van der Waals surface area contributed by atoms with Crippen LogP contribution in [-0.2, 0) is 27.7 Å². The van der Waals surface area contributed by atoms with Crippen molar-refractivity contribution in [2.24, 2.45) is 0 Å². The molecule has 0 unspecified atom stereocenters. The van der Waals surface area contributed by atoms with E-state index in [1.54, 1.807) is 51.9 Å². The van der Waals surface area contributed by atoms with Gasteiger partial charge in [0.25, 0.3) is 0 Å². The Balaban J connectivity index is 0.000000227. The molecule has 0 bridgehead atoms. The Morgan fingerprint density at radius 2 is 1.21 bits per heavy atom. The molecule has 2 aromatic carbocycles. The monoisotopic (exact) mass is 623 g/mol. The van der Waals surface area contributed by atoms with E-state index in [0.29, 0.717) is 0 Å². The Morgan fingerprint density at radius 1 is 0.697 bits per heavy atom. The molecule has 0 amide bonds. The molecule has 0 aliphatic rings. The van der Waals surface area contributed by atoms with Gasteiger partial charge in [-0.15, -0.1) is 59.7 Å². The summed E-state index contributed by atoms with van der Waals surface area (Å²) < 4.78 is 15.3. The maximum absolute atomic E-state index is 9.03. The van der Waals surface area contributed by atoms with E-state index in [-0.39, 0.29) is 27.7 Å². The third kappa shape index (κ3) is 7.41. The van der Waals surface area contributed by atoms with Crippen LogP contribution >= 0.6 is 0 Å². The SMILES string of the molecule is COc1c[c-]c(-c2cc(CO)ccn2)cc1.COc1c[c-]c(-c2cc(OC)ccn2)cc1.[Pt+2]. The van der Waals surface area contributed by atoms with Crippen LogP contribution in [-0.4, -0.2) is 36.4 Å². The van der Waals surface area contributed by atoms with Crippen LogP contribution < -0.4 is 14.2 Å². The second kappa shape index (κ2) is 13.4. The third-order valence-corrected chi connectivity index (χ3v) is 4.57. The predicted molar refractivity (Wildman–Crippen MR) is 123 cm³/mol. The summed E-state index contributed by atoms with van der Waals surface area (Å²) >= 11 is 0. The first kappa shape index (κ1) is 26.0. The maximum Gasteiger partial charge on any atom is 2.00 e. The molecule has 0 radical (unpaired) electrons. The number of hydrogen-bond donors (Lipinski definition) is 1. The Bertz CT molecular complexity index is 1030. The van der Waals surface area contributed by atoms with Crippen molar-refractivity contribution in [1.82, 2.24) is 9.97 Å². The number of pyridine rings is 2. The molecule has 0 fully saturated rings. The van der Waals surface area contributed by atoms with E-state index in [1.807, 2.05) is 42.5 Å². The minimum Gasteiger partial charge on any atom is -0.540 e. The Hall–Kier alpha value is -3.21. The average molecular weight is 624 g/mol. The summed E-state index contributed by atoms with van der Waals surface area (Å²) in [4.78, 5) is 8.49. The zero-order valence-corrected chi connectivity index (χ0v) is 20.8. The smallest absolute Gasteiger partial charge is 0.540 e. The maximum atomic E-state index is 9.03. The number of hydrogen-bond acceptors (Lipinski definition) is 6. The first-order chi connectivity index (χ1) is 15.7. The van der Waals surface area contributed by atoms with Gasteiger partial charge < -0.3 is 29.3 Å². The van der Waals surface area contributed by atoms with Gasteiger partial charge in [-0.05, 0) is 35.2 Å². The summed E-state index contributed by atoms with van der Waals surface area (Å²) in [6.07, 6.45) is 3.39. The van der Waals surface area contributed by atoms with E-state index >= 15 is 0 Å². The summed E-state index contributed by atoms with van der Waals surface area (Å²) in [5.41, 5.74) is 4.28. The molecule has 7 heteroatoms. The van der Waals surface area contributed by atoms with Crippen LogP contribution in [0.15, 0.2) is 73.1 Å². The van der Waals surface area contributed by atoms with E-state index in [2.05, 4.69) is 22.1 Å². The van der Waals surface area contributed by atoms with E-state index < -0.39 is 0 Å². The number of aromatic nitrogens is 2. The number of nitrogens with zero attached hydrogens (tertiary/aromatic N) is 2. The molecule has 2 heterocycles. The standard InChI is InChI=1S/2C13H12NO2.Pt/c1-15-11-5-3-10(4-6-11)13-9-12(16-2)7-8-14-13;1-16-12-4-2-11(3-5-12)13-8-10(9-15)6-7-14-13;/h3,5-9H,1-2H3;2,4-8,15H,9H2,1H3;/q2*-1;+2. The first-order valence-electron chi connectivity index (χ1n) is 9.85. The van der Waals surface area contributed by atoms with Gasteiger partial charge in [0.15, 0.2) is 0 Å². The Labute approximate surface area is 208 Å². The van der Waals surface area contributed by atoms with Crippen LogP contribution in [0.1, 0.15) is 5.56 Å². The molecule has 172 valence electrons. The number of aliphatic hydroxyl groups excluding tert-OH is 1. The molecule has 0 spiro atoms. The third-order valence-electron chi connectivity index (χ3n) is 4.57. The second-order valence-corrected chi connectivity index (χ2v) is 6.57. The summed E-state index contributed by atoms with van der Waals surface area (Å²) in [5, 5.41) is 9.03. The molecule has 0 atom stereocenters. The first-order valence-corrected chi connectivity index (χ1v) is 9.85. The fraction of sp³-hybridized carbons (Fsp3) is 0.154. The summed E-state index contributed by atoms with van der Waals surface area (Å²) in [6, 6.07) is 24.6. The molecule has 0 aliphatic heterocycles. The van der Waals surface area contributed by atoms with Gasteiger partial charge in [0.2, 0.25) is 0 Å². The quantitative estimate of drug-likeness (QED) is 0.317. The van der Waals surface area contributed by atoms with Crippen molar-refractivity contribution in [1.29, 1.82) is 0 Å². The molecule has 2 aromatic heterocycles. The van der Waals surface area contributed by atoms with Gasteiger partial charge >= 0.3 is 21.1 Å². The van der Waals surface area contributed by atoms with Crippen molar-refractivity contribution in [3.05, 3.63) is 90.8 Å². The van der Waals surface area contributed by atoms with E-state index in [9.17, 15) is 0 Å². The fourth-order valence-corrected chi connectivity index (χ4v) is 2.80. The zero-order valence-electron chi connectivity index (χ0n) is 18.5. The van der Waals surface area contributed by atoms with Gasteiger partial charge in [-0.3, -0.25) is 0 Å². The van der Waals surface area contributed by atoms with Crippen molar-refractivity contribution in [2.45, 2.75) is 6.61 Å². The van der Waals surface area contributed by atoms with E-state index in [4.69, 9.17) is 19.3 Å². The Morgan fingerprint density at radius 3 is 1.67 bits per heavy atom. The Kier molecular flexibility index (Phi) is 10.5. The molecule has 1 N–H and O–H groups in total. The normalized spacial score (nSPS) is 9.70. The predicted octanol–water partition coefficient (Wildman–Crippen LogP) is 4.61. The van der Waals surface area contributed by atoms with Crippen molar-refractivity contribution in [3.8, 4) is 39.8 Å². The van der Waals surface area contributed by atoms with Crippen molar-refractivity contribution < 1.29 is 40.4 Å². The number of aliphatic hydroxyl groups is 1. The molecule has 0 saturated carbocycles. The summed E-state index contributed by atoms with van der Waals surface area (Å²) in [7, 11) is 4.89. The molecule has 4 aromatic rings. The summed E-state index contributed by atoms with van der Waals surface area (Å²) in [6.45, 7) is 0.0195. The van der Waals surface area contributed by atoms with Gasteiger partial charge in [0.05, 0.1) is 27.9 Å². The van der Waals surface area contributed by atoms with Crippen LogP contribution in [0.5, 0.6) is 17.2 Å². The summed E-state index contributed by atoms with van der Waals surface area (Å²) in [5.74, 6) is 2.34. The van der Waals surface area contributed by atoms with Crippen molar-refractivity contribution in [3.63, 3.8) is 0 Å². The molecule has 0 saturated heterocycles. The van der Waals surface area contributed by atoms with E-state index in [0.717, 1.165) is 45.3 Å². The van der Waals surface area contributed by atoms with Gasteiger partial charge in [-0.1, -0.05) is 6.07 Å². The van der Waals surface area contributed by atoms with Crippen LogP contribution in [0.3, 0.4) is 0 Å². The second-order valence-electron chi connectivity index (χ2n) is 6.57. The molecule has 6 nitrogen and oxygen atoms in total. The van der Waals surface area contributed by atoms with Gasteiger partial charge in [-0.2, -0.15) is 0 Å². The topological polar surface area (TPSA) is 73.7 Å². The van der Waals surface area contributed by atoms with Crippen molar-refractivity contribution in [2.75, 3.05) is 21.3 Å². The van der Waals surface area contributed by atoms with Crippen molar-refractivity contribution >= 4 is 0 Å².